The lowest BCUT2D eigenvalue weighted by molar-refractivity contribution is 0.219. The van der Waals surface area contributed by atoms with E-state index in [9.17, 15) is 0 Å². The van der Waals surface area contributed by atoms with E-state index in [0.717, 1.165) is 17.8 Å². The largest absolute Gasteiger partial charge is 0.198 e. The fourth-order valence-corrected chi connectivity index (χ4v) is 2.65. The fraction of sp³-hybridized carbons (Fsp3) is 0.900. The third-order valence-corrected chi connectivity index (χ3v) is 3.70. The highest BCUT2D eigenvalue weighted by molar-refractivity contribution is 4.96. The van der Waals surface area contributed by atoms with Crippen LogP contribution in [-0.2, 0) is 0 Å². The molecule has 3 unspecified atom stereocenters. The van der Waals surface area contributed by atoms with Gasteiger partial charge in [-0.3, -0.25) is 0 Å². The lowest BCUT2D eigenvalue weighted by Gasteiger charge is -2.29. The average Bonchev–Trinajstić information content (AvgIpc) is 2.27. The summed E-state index contributed by atoms with van der Waals surface area (Å²) < 4.78 is 0. The van der Waals surface area contributed by atoms with Gasteiger partial charge >= 0.3 is 0 Å². The maximum Gasteiger partial charge on any atom is 0.0655 e. The second kappa shape index (κ2) is 2.52. The third-order valence-electron chi connectivity index (χ3n) is 3.70. The van der Waals surface area contributed by atoms with Crippen LogP contribution in [0, 0.1) is 35.0 Å². The Bertz CT molecular complexity index is 180. The van der Waals surface area contributed by atoms with Crippen LogP contribution >= 0.6 is 0 Å². The SMILES string of the molecule is CC(C#N)C1CC2CCC2C1. The van der Waals surface area contributed by atoms with Gasteiger partial charge in [-0.2, -0.15) is 5.26 Å². The van der Waals surface area contributed by atoms with Gasteiger partial charge in [0.1, 0.15) is 0 Å². The van der Waals surface area contributed by atoms with Crippen molar-refractivity contribution < 1.29 is 0 Å². The summed E-state index contributed by atoms with van der Waals surface area (Å²) in [6.45, 7) is 2.08. The smallest absolute Gasteiger partial charge is 0.0655 e. The quantitative estimate of drug-likeness (QED) is 0.562. The molecule has 0 radical (unpaired) electrons. The predicted molar refractivity (Wildman–Crippen MR) is 43.7 cm³/mol. The van der Waals surface area contributed by atoms with Gasteiger partial charge in [0.2, 0.25) is 0 Å². The van der Waals surface area contributed by atoms with Crippen LogP contribution in [0.4, 0.5) is 0 Å². The van der Waals surface area contributed by atoms with Gasteiger partial charge in [0.25, 0.3) is 0 Å². The van der Waals surface area contributed by atoms with E-state index in [1.807, 2.05) is 0 Å². The molecule has 0 spiro atoms. The first-order valence-corrected chi connectivity index (χ1v) is 4.71. The molecule has 0 heterocycles. The Hall–Kier alpha value is -0.510. The first-order valence-electron chi connectivity index (χ1n) is 4.71. The summed E-state index contributed by atoms with van der Waals surface area (Å²) >= 11 is 0. The minimum atomic E-state index is 0.306. The molecular formula is C10H15N. The molecule has 0 aromatic rings. The summed E-state index contributed by atoms with van der Waals surface area (Å²) in [7, 11) is 0. The molecule has 0 bridgehead atoms. The number of nitriles is 1. The van der Waals surface area contributed by atoms with Crippen molar-refractivity contribution in [1.82, 2.24) is 0 Å². The van der Waals surface area contributed by atoms with Gasteiger partial charge in [0, 0.05) is 5.92 Å². The molecule has 0 saturated heterocycles. The minimum absolute atomic E-state index is 0.306. The zero-order chi connectivity index (χ0) is 7.84. The van der Waals surface area contributed by atoms with Crippen LogP contribution in [0.3, 0.4) is 0 Å². The van der Waals surface area contributed by atoms with Gasteiger partial charge in [-0.15, -0.1) is 0 Å². The Labute approximate surface area is 68.4 Å². The molecule has 1 heteroatoms. The van der Waals surface area contributed by atoms with E-state index in [1.165, 1.54) is 25.7 Å². The molecule has 0 amide bonds. The number of hydrogen-bond donors (Lipinski definition) is 0. The van der Waals surface area contributed by atoms with E-state index < -0.39 is 0 Å². The van der Waals surface area contributed by atoms with Gasteiger partial charge in [-0.1, -0.05) is 0 Å². The summed E-state index contributed by atoms with van der Waals surface area (Å²) in [5.74, 6) is 3.06. The Morgan fingerprint density at radius 3 is 2.18 bits per heavy atom. The van der Waals surface area contributed by atoms with Crippen LogP contribution in [0.1, 0.15) is 32.6 Å². The van der Waals surface area contributed by atoms with Crippen LogP contribution in [-0.4, -0.2) is 0 Å². The Kier molecular flexibility index (Phi) is 1.64. The molecule has 2 fully saturated rings. The predicted octanol–water partition coefficient (Wildman–Crippen LogP) is 2.58. The van der Waals surface area contributed by atoms with Crippen LogP contribution in [0.25, 0.3) is 0 Å². The van der Waals surface area contributed by atoms with Gasteiger partial charge < -0.3 is 0 Å². The van der Waals surface area contributed by atoms with Gasteiger partial charge in [-0.25, -0.2) is 0 Å². The highest BCUT2D eigenvalue weighted by Crippen LogP contribution is 2.51. The molecule has 2 rings (SSSR count). The van der Waals surface area contributed by atoms with Crippen LogP contribution in [0.5, 0.6) is 0 Å². The highest BCUT2D eigenvalue weighted by Gasteiger charge is 2.41. The first kappa shape index (κ1) is 7.16. The summed E-state index contributed by atoms with van der Waals surface area (Å²) in [6.07, 6.45) is 5.58. The van der Waals surface area contributed by atoms with Crippen molar-refractivity contribution in [3.63, 3.8) is 0 Å². The van der Waals surface area contributed by atoms with Gasteiger partial charge in [0.05, 0.1) is 6.07 Å². The Morgan fingerprint density at radius 2 is 1.82 bits per heavy atom. The average molecular weight is 149 g/mol. The zero-order valence-corrected chi connectivity index (χ0v) is 7.09. The second-order valence-corrected chi connectivity index (χ2v) is 4.25. The lowest BCUT2D eigenvalue weighted by atomic mass is 9.77. The molecule has 3 atom stereocenters. The molecule has 2 saturated carbocycles. The van der Waals surface area contributed by atoms with E-state index in [0.29, 0.717) is 5.92 Å². The molecule has 1 nitrogen and oxygen atoms in total. The van der Waals surface area contributed by atoms with Crippen molar-refractivity contribution in [1.29, 1.82) is 5.26 Å². The Morgan fingerprint density at radius 1 is 1.27 bits per heavy atom. The van der Waals surface area contributed by atoms with Crippen molar-refractivity contribution in [2.24, 2.45) is 23.7 Å². The molecule has 11 heavy (non-hydrogen) atoms. The number of fused-ring (bicyclic) bond motifs is 1. The van der Waals surface area contributed by atoms with Crippen LogP contribution in [0.15, 0.2) is 0 Å². The lowest BCUT2D eigenvalue weighted by Crippen LogP contribution is -2.18. The molecule has 60 valence electrons. The van der Waals surface area contributed by atoms with Crippen LogP contribution < -0.4 is 0 Å². The van der Waals surface area contributed by atoms with E-state index in [-0.39, 0.29) is 0 Å². The number of rotatable bonds is 1. The molecule has 0 aliphatic heterocycles. The summed E-state index contributed by atoms with van der Waals surface area (Å²) in [6, 6.07) is 2.38. The topological polar surface area (TPSA) is 23.8 Å². The number of nitrogens with zero attached hydrogens (tertiary/aromatic N) is 1. The Balaban J connectivity index is 1.94. The zero-order valence-electron chi connectivity index (χ0n) is 7.09. The van der Waals surface area contributed by atoms with E-state index in [1.54, 1.807) is 0 Å². The fourth-order valence-electron chi connectivity index (χ4n) is 2.65. The van der Waals surface area contributed by atoms with E-state index in [4.69, 9.17) is 5.26 Å². The summed E-state index contributed by atoms with van der Waals surface area (Å²) in [4.78, 5) is 0. The standard InChI is InChI=1S/C10H15N/c1-7(6-11)10-4-8-2-3-9(8)5-10/h7-10H,2-5H2,1H3. The molecule has 0 N–H and O–H groups in total. The van der Waals surface area contributed by atoms with Crippen molar-refractivity contribution in [3.05, 3.63) is 0 Å². The molecule has 0 aromatic carbocycles. The molecule has 0 aromatic heterocycles. The molecule has 2 aliphatic carbocycles. The second-order valence-electron chi connectivity index (χ2n) is 4.25. The minimum Gasteiger partial charge on any atom is -0.198 e. The third kappa shape index (κ3) is 1.05. The van der Waals surface area contributed by atoms with Crippen molar-refractivity contribution >= 4 is 0 Å². The van der Waals surface area contributed by atoms with Crippen molar-refractivity contribution in [2.45, 2.75) is 32.6 Å². The summed E-state index contributed by atoms with van der Waals surface area (Å²) in [5.41, 5.74) is 0. The van der Waals surface area contributed by atoms with Crippen molar-refractivity contribution in [3.8, 4) is 6.07 Å². The van der Waals surface area contributed by atoms with Crippen LogP contribution in [0.2, 0.25) is 0 Å². The van der Waals surface area contributed by atoms with Gasteiger partial charge in [-0.05, 0) is 50.4 Å². The normalized spacial score (nSPS) is 43.8. The maximum absolute atomic E-state index is 8.74. The maximum atomic E-state index is 8.74. The number of hydrogen-bond acceptors (Lipinski definition) is 1. The summed E-state index contributed by atoms with van der Waals surface area (Å²) in [5, 5.41) is 8.74. The molecular weight excluding hydrogens is 134 g/mol. The first-order chi connectivity index (χ1) is 5.31. The van der Waals surface area contributed by atoms with Gasteiger partial charge in [0.15, 0.2) is 0 Å². The molecule has 2 aliphatic rings. The van der Waals surface area contributed by atoms with E-state index in [2.05, 4.69) is 13.0 Å². The van der Waals surface area contributed by atoms with E-state index >= 15 is 0 Å². The highest BCUT2D eigenvalue weighted by atomic mass is 14.5. The van der Waals surface area contributed by atoms with Crippen molar-refractivity contribution in [2.75, 3.05) is 0 Å². The monoisotopic (exact) mass is 149 g/mol.